The fourth-order valence-corrected chi connectivity index (χ4v) is 7.43. The molecule has 9 aromatic rings. The van der Waals surface area contributed by atoms with Crippen LogP contribution in [-0.2, 0) is 0 Å². The lowest BCUT2D eigenvalue weighted by molar-refractivity contribution is 0.669. The lowest BCUT2D eigenvalue weighted by Gasteiger charge is -2.15. The van der Waals surface area contributed by atoms with E-state index < -0.39 is 0 Å². The Hall–Kier alpha value is -6.65. The summed E-state index contributed by atoms with van der Waals surface area (Å²) in [6.07, 6.45) is 0. The van der Waals surface area contributed by atoms with E-state index in [2.05, 4.69) is 103 Å². The van der Waals surface area contributed by atoms with Gasteiger partial charge >= 0.3 is 0 Å². The molecule has 2 heterocycles. The van der Waals surface area contributed by atoms with Gasteiger partial charge in [0.25, 0.3) is 0 Å². The molecule has 0 amide bonds. The Morgan fingerprint density at radius 1 is 0.360 bits per heavy atom. The average molecular weight is 640 g/mol. The van der Waals surface area contributed by atoms with Gasteiger partial charge in [0.1, 0.15) is 11.2 Å². The molecule has 1 unspecified atom stereocenters. The third-order valence-corrected chi connectivity index (χ3v) is 9.82. The molecule has 1 aliphatic carbocycles. The van der Waals surface area contributed by atoms with E-state index in [9.17, 15) is 0 Å². The average Bonchev–Trinajstić information content (AvgIpc) is 3.73. The van der Waals surface area contributed by atoms with Gasteiger partial charge in [-0.05, 0) is 69.3 Å². The van der Waals surface area contributed by atoms with Crippen LogP contribution in [0.15, 0.2) is 174 Å². The fourth-order valence-electron chi connectivity index (χ4n) is 7.43. The number of hydrogen-bond acceptors (Lipinski definition) is 4. The standard InChI is InChI=1S/C46H29N3O/c1-4-12-29(13-5-1)43-38-19-11-10-18-35(38)36-23-20-32(27-40(36)43)33-22-25-41-39(26-33)37-24-21-34(28-42(37)50-41)46-48-44(30-14-6-2-7-15-30)47-45(49-46)31-16-8-3-9-17-31/h1-28,43H. The zero-order valence-electron chi connectivity index (χ0n) is 27.0. The number of furan rings is 1. The molecule has 4 heteroatoms. The van der Waals surface area contributed by atoms with Gasteiger partial charge in [-0.3, -0.25) is 0 Å². The molecule has 0 saturated carbocycles. The maximum Gasteiger partial charge on any atom is 0.164 e. The van der Waals surface area contributed by atoms with Crippen molar-refractivity contribution in [3.63, 3.8) is 0 Å². The number of benzene rings is 7. The maximum absolute atomic E-state index is 6.46. The third-order valence-electron chi connectivity index (χ3n) is 9.82. The summed E-state index contributed by atoms with van der Waals surface area (Å²) in [4.78, 5) is 14.7. The van der Waals surface area contributed by atoms with E-state index in [1.54, 1.807) is 0 Å². The molecule has 10 rings (SSSR count). The summed E-state index contributed by atoms with van der Waals surface area (Å²) in [6.45, 7) is 0. The minimum absolute atomic E-state index is 0.208. The van der Waals surface area contributed by atoms with Crippen LogP contribution < -0.4 is 0 Å². The van der Waals surface area contributed by atoms with Crippen LogP contribution in [0, 0.1) is 0 Å². The Kier molecular flexibility index (Phi) is 6.53. The van der Waals surface area contributed by atoms with E-state index >= 15 is 0 Å². The third kappa shape index (κ3) is 4.73. The van der Waals surface area contributed by atoms with Crippen molar-refractivity contribution in [2.24, 2.45) is 0 Å². The Morgan fingerprint density at radius 3 is 1.64 bits per heavy atom. The van der Waals surface area contributed by atoms with Gasteiger partial charge in [0, 0.05) is 33.4 Å². The van der Waals surface area contributed by atoms with Crippen LogP contribution in [0.3, 0.4) is 0 Å². The van der Waals surface area contributed by atoms with Gasteiger partial charge < -0.3 is 4.42 Å². The van der Waals surface area contributed by atoms with E-state index in [0.29, 0.717) is 17.5 Å². The molecule has 1 aliphatic rings. The highest BCUT2D eigenvalue weighted by Gasteiger charge is 2.30. The first-order chi connectivity index (χ1) is 24.8. The molecule has 2 aromatic heterocycles. The van der Waals surface area contributed by atoms with Crippen molar-refractivity contribution in [1.29, 1.82) is 0 Å². The van der Waals surface area contributed by atoms with Gasteiger partial charge in [-0.2, -0.15) is 0 Å². The van der Waals surface area contributed by atoms with Crippen LogP contribution in [-0.4, -0.2) is 15.0 Å². The molecule has 0 radical (unpaired) electrons. The number of rotatable bonds is 5. The molecule has 7 aromatic carbocycles. The lowest BCUT2D eigenvalue weighted by Crippen LogP contribution is -2.00. The van der Waals surface area contributed by atoms with Crippen LogP contribution in [0.25, 0.3) is 78.4 Å². The first-order valence-electron chi connectivity index (χ1n) is 16.9. The van der Waals surface area contributed by atoms with E-state index in [1.165, 1.54) is 33.4 Å². The van der Waals surface area contributed by atoms with E-state index in [4.69, 9.17) is 19.4 Å². The van der Waals surface area contributed by atoms with Crippen LogP contribution in [0.1, 0.15) is 22.6 Å². The highest BCUT2D eigenvalue weighted by atomic mass is 16.3. The van der Waals surface area contributed by atoms with Crippen molar-refractivity contribution in [2.75, 3.05) is 0 Å². The Bertz CT molecular complexity index is 2640. The van der Waals surface area contributed by atoms with Crippen LogP contribution in [0.4, 0.5) is 0 Å². The van der Waals surface area contributed by atoms with Gasteiger partial charge in [0.2, 0.25) is 0 Å². The van der Waals surface area contributed by atoms with Crippen molar-refractivity contribution in [2.45, 2.75) is 5.92 Å². The molecule has 0 saturated heterocycles. The smallest absolute Gasteiger partial charge is 0.164 e. The minimum Gasteiger partial charge on any atom is -0.456 e. The maximum atomic E-state index is 6.46. The quantitative estimate of drug-likeness (QED) is 0.188. The molecule has 0 spiro atoms. The normalized spacial score (nSPS) is 13.4. The van der Waals surface area contributed by atoms with E-state index in [1.807, 2.05) is 66.7 Å². The number of aromatic nitrogens is 3. The monoisotopic (exact) mass is 639 g/mol. The fraction of sp³-hybridized carbons (Fsp3) is 0.0217. The molecule has 50 heavy (non-hydrogen) atoms. The second kappa shape index (κ2) is 11.5. The molecule has 0 aliphatic heterocycles. The van der Waals surface area contributed by atoms with Crippen molar-refractivity contribution in [3.05, 3.63) is 187 Å². The summed E-state index contributed by atoms with van der Waals surface area (Å²) in [6, 6.07) is 59.4. The van der Waals surface area contributed by atoms with Gasteiger partial charge in [0.05, 0.1) is 0 Å². The molecular weight excluding hydrogens is 611 g/mol. The summed E-state index contributed by atoms with van der Waals surface area (Å²) >= 11 is 0. The molecule has 4 nitrogen and oxygen atoms in total. The van der Waals surface area contributed by atoms with Gasteiger partial charge in [0.15, 0.2) is 17.5 Å². The summed E-state index contributed by atoms with van der Waals surface area (Å²) in [5.74, 6) is 2.08. The summed E-state index contributed by atoms with van der Waals surface area (Å²) in [7, 11) is 0. The predicted molar refractivity (Wildman–Crippen MR) is 202 cm³/mol. The van der Waals surface area contributed by atoms with Crippen molar-refractivity contribution < 1.29 is 4.42 Å². The van der Waals surface area contributed by atoms with Gasteiger partial charge in [-0.25, -0.2) is 15.0 Å². The highest BCUT2D eigenvalue weighted by molar-refractivity contribution is 6.07. The number of nitrogens with zero attached hydrogens (tertiary/aromatic N) is 3. The van der Waals surface area contributed by atoms with Crippen LogP contribution in [0.2, 0.25) is 0 Å². The Balaban J connectivity index is 1.06. The number of fused-ring (bicyclic) bond motifs is 6. The first-order valence-corrected chi connectivity index (χ1v) is 16.9. The zero-order chi connectivity index (χ0) is 33.0. The second-order valence-corrected chi connectivity index (χ2v) is 12.8. The predicted octanol–water partition coefficient (Wildman–Crippen LogP) is 11.6. The summed E-state index contributed by atoms with van der Waals surface area (Å²) in [5, 5.41) is 2.14. The summed E-state index contributed by atoms with van der Waals surface area (Å²) < 4.78 is 6.46. The van der Waals surface area contributed by atoms with Crippen molar-refractivity contribution in [3.8, 4) is 56.4 Å². The van der Waals surface area contributed by atoms with Crippen molar-refractivity contribution >= 4 is 21.9 Å². The van der Waals surface area contributed by atoms with E-state index in [0.717, 1.165) is 44.2 Å². The van der Waals surface area contributed by atoms with Gasteiger partial charge in [-0.15, -0.1) is 0 Å². The van der Waals surface area contributed by atoms with Crippen molar-refractivity contribution in [1.82, 2.24) is 15.0 Å². The lowest BCUT2D eigenvalue weighted by atomic mass is 9.88. The second-order valence-electron chi connectivity index (χ2n) is 12.8. The molecule has 234 valence electrons. The largest absolute Gasteiger partial charge is 0.456 e. The Labute approximate surface area is 289 Å². The van der Waals surface area contributed by atoms with E-state index in [-0.39, 0.29) is 5.92 Å². The molecule has 0 N–H and O–H groups in total. The molecule has 1 atom stereocenters. The van der Waals surface area contributed by atoms with Crippen LogP contribution in [0.5, 0.6) is 0 Å². The summed E-state index contributed by atoms with van der Waals surface area (Å²) in [5.41, 5.74) is 13.4. The number of hydrogen-bond donors (Lipinski definition) is 0. The SMILES string of the molecule is c1ccc(-c2nc(-c3ccccc3)nc(-c3ccc4c(c3)oc3ccc(-c5ccc6c(c5)C(c5ccccc5)c5ccccc5-6)cc34)n2)cc1. The molecular formula is C46H29N3O. The van der Waals surface area contributed by atoms with Crippen LogP contribution >= 0.6 is 0 Å². The first kappa shape index (κ1) is 28.4. The minimum atomic E-state index is 0.208. The molecule has 0 bridgehead atoms. The Morgan fingerprint density at radius 2 is 0.920 bits per heavy atom. The highest BCUT2D eigenvalue weighted by Crippen LogP contribution is 2.49. The zero-order valence-corrected chi connectivity index (χ0v) is 27.0. The van der Waals surface area contributed by atoms with Gasteiger partial charge in [-0.1, -0.05) is 140 Å². The topological polar surface area (TPSA) is 51.8 Å². The molecule has 0 fully saturated rings.